The number of hydrogen-bond acceptors (Lipinski definition) is 3. The fourth-order valence-electron chi connectivity index (χ4n) is 4.54. The van der Waals surface area contributed by atoms with Crippen molar-refractivity contribution in [2.75, 3.05) is 6.54 Å². The van der Waals surface area contributed by atoms with Gasteiger partial charge >= 0.3 is 0 Å². The van der Waals surface area contributed by atoms with Gasteiger partial charge < -0.3 is 15.7 Å². The number of benzene rings is 4. The number of rotatable bonds is 11. The zero-order valence-corrected chi connectivity index (χ0v) is 21.9. The number of aliphatic hydroxyl groups is 1. The van der Waals surface area contributed by atoms with Crippen molar-refractivity contribution >= 4 is 5.91 Å². The summed E-state index contributed by atoms with van der Waals surface area (Å²) in [4.78, 5) is 13.2. The number of aliphatic hydroxyl groups excluding tert-OH is 1. The molecule has 3 N–H and O–H groups in total. The Hall–Kier alpha value is -4.01. The zero-order valence-electron chi connectivity index (χ0n) is 21.9. The van der Waals surface area contributed by atoms with Gasteiger partial charge in [-0.2, -0.15) is 0 Å². The highest BCUT2D eigenvalue weighted by molar-refractivity contribution is 5.95. The maximum Gasteiger partial charge on any atom is 0.251 e. The largest absolute Gasteiger partial charge is 0.390 e. The molecule has 208 valence electrons. The summed E-state index contributed by atoms with van der Waals surface area (Å²) in [6, 6.07) is 19.4. The van der Waals surface area contributed by atoms with Crippen LogP contribution in [-0.2, 0) is 19.4 Å². The number of amides is 1. The van der Waals surface area contributed by atoms with Crippen LogP contribution in [0.25, 0.3) is 11.1 Å². The Morgan fingerprint density at radius 3 is 2.05 bits per heavy atom. The van der Waals surface area contributed by atoms with Crippen molar-refractivity contribution in [1.82, 2.24) is 10.6 Å². The molecule has 0 aromatic heterocycles. The van der Waals surface area contributed by atoms with E-state index in [1.165, 1.54) is 17.7 Å². The fourth-order valence-corrected chi connectivity index (χ4v) is 4.54. The van der Waals surface area contributed by atoms with E-state index in [1.54, 1.807) is 12.1 Å². The molecule has 4 aromatic rings. The van der Waals surface area contributed by atoms with Crippen LogP contribution in [0.2, 0.25) is 0 Å². The van der Waals surface area contributed by atoms with Crippen LogP contribution in [0.5, 0.6) is 0 Å². The Morgan fingerprint density at radius 1 is 0.750 bits per heavy atom. The van der Waals surface area contributed by atoms with Crippen molar-refractivity contribution in [1.29, 1.82) is 0 Å². The Labute approximate surface area is 230 Å². The third kappa shape index (κ3) is 8.00. The fraction of sp³-hybridized carbons (Fsp3) is 0.219. The molecule has 0 unspecified atom stereocenters. The third-order valence-electron chi connectivity index (χ3n) is 6.56. The summed E-state index contributed by atoms with van der Waals surface area (Å²) in [5.74, 6) is -3.58. The second-order valence-electron chi connectivity index (χ2n) is 9.67. The highest BCUT2D eigenvalue weighted by Gasteiger charge is 2.23. The molecule has 4 rings (SSSR count). The Balaban J connectivity index is 1.51. The molecule has 0 aliphatic carbocycles. The van der Waals surface area contributed by atoms with E-state index < -0.39 is 41.3 Å². The highest BCUT2D eigenvalue weighted by atomic mass is 19.1. The van der Waals surface area contributed by atoms with E-state index in [0.29, 0.717) is 12.1 Å². The van der Waals surface area contributed by atoms with E-state index in [-0.39, 0.29) is 29.7 Å². The predicted molar refractivity (Wildman–Crippen MR) is 147 cm³/mol. The first-order valence-electron chi connectivity index (χ1n) is 13.0. The molecule has 0 spiro atoms. The quantitative estimate of drug-likeness (QED) is 0.202. The van der Waals surface area contributed by atoms with Crippen molar-refractivity contribution in [2.24, 2.45) is 0 Å². The lowest BCUT2D eigenvalue weighted by Gasteiger charge is -2.25. The molecule has 0 aliphatic rings. The Kier molecular flexibility index (Phi) is 9.69. The maximum atomic E-state index is 13.9. The standard InChI is InChI=1S/C32H30F4N2O2/c1-2-20-5-3-6-21(9-20)18-37-19-31(39)30(12-22-10-26(33)16-27(34)11-22)38-32(40)24-8-4-7-23(13-24)25-14-28(35)17-29(36)15-25/h3-11,13-17,30-31,37,39H,2,12,18-19H2,1H3,(H,38,40)/t30-,31+/m0/s1. The van der Waals surface area contributed by atoms with Crippen LogP contribution in [0.15, 0.2) is 84.9 Å². The molecular formula is C32H30F4N2O2. The van der Waals surface area contributed by atoms with Gasteiger partial charge in [0.15, 0.2) is 0 Å². The number of hydrogen-bond donors (Lipinski definition) is 3. The average molecular weight is 551 g/mol. The van der Waals surface area contributed by atoms with Crippen molar-refractivity contribution in [2.45, 2.75) is 38.5 Å². The lowest BCUT2D eigenvalue weighted by Crippen LogP contribution is -2.48. The summed E-state index contributed by atoms with van der Waals surface area (Å²) < 4.78 is 55.2. The molecule has 4 nitrogen and oxygen atoms in total. The molecular weight excluding hydrogens is 520 g/mol. The number of halogens is 4. The van der Waals surface area contributed by atoms with Crippen LogP contribution in [0, 0.1) is 23.3 Å². The molecule has 0 radical (unpaired) electrons. The van der Waals surface area contributed by atoms with Crippen LogP contribution in [0.1, 0.15) is 34.0 Å². The summed E-state index contributed by atoms with van der Waals surface area (Å²) >= 11 is 0. The molecule has 40 heavy (non-hydrogen) atoms. The summed E-state index contributed by atoms with van der Waals surface area (Å²) in [6.45, 7) is 2.64. The minimum absolute atomic E-state index is 0.0383. The lowest BCUT2D eigenvalue weighted by atomic mass is 9.99. The van der Waals surface area contributed by atoms with Gasteiger partial charge in [-0.15, -0.1) is 0 Å². The van der Waals surface area contributed by atoms with Gasteiger partial charge in [0.2, 0.25) is 0 Å². The van der Waals surface area contributed by atoms with Crippen LogP contribution in [0.3, 0.4) is 0 Å². The van der Waals surface area contributed by atoms with Crippen molar-refractivity contribution in [3.8, 4) is 11.1 Å². The molecule has 0 saturated carbocycles. The first kappa shape index (κ1) is 29.0. The van der Waals surface area contributed by atoms with Crippen molar-refractivity contribution < 1.29 is 27.5 Å². The van der Waals surface area contributed by atoms with Gasteiger partial charge in [-0.1, -0.05) is 43.3 Å². The first-order chi connectivity index (χ1) is 19.2. The number of carbonyl (C=O) groups excluding carboxylic acids is 1. The topological polar surface area (TPSA) is 61.4 Å². The van der Waals surface area contributed by atoms with Gasteiger partial charge in [0.25, 0.3) is 5.91 Å². The van der Waals surface area contributed by atoms with E-state index >= 15 is 0 Å². The smallest absolute Gasteiger partial charge is 0.251 e. The SMILES string of the molecule is CCc1cccc(CNC[C@@H](O)[C@H](Cc2cc(F)cc(F)c2)NC(=O)c2cccc(-c3cc(F)cc(F)c3)c2)c1. The van der Waals surface area contributed by atoms with Crippen LogP contribution >= 0.6 is 0 Å². The molecule has 0 aliphatic heterocycles. The monoisotopic (exact) mass is 550 g/mol. The van der Waals surface area contributed by atoms with E-state index in [0.717, 1.165) is 48.4 Å². The normalized spacial score (nSPS) is 12.7. The summed E-state index contributed by atoms with van der Waals surface area (Å²) in [7, 11) is 0. The lowest BCUT2D eigenvalue weighted by molar-refractivity contribution is 0.0830. The second-order valence-corrected chi connectivity index (χ2v) is 9.67. The summed E-state index contributed by atoms with van der Waals surface area (Å²) in [5.41, 5.74) is 3.35. The maximum absolute atomic E-state index is 13.9. The predicted octanol–water partition coefficient (Wildman–Crippen LogP) is 5.96. The molecule has 4 aromatic carbocycles. The Morgan fingerprint density at radius 2 is 1.38 bits per heavy atom. The van der Waals surface area contributed by atoms with Gasteiger partial charge in [0.1, 0.15) is 23.3 Å². The van der Waals surface area contributed by atoms with E-state index in [1.807, 2.05) is 18.2 Å². The average Bonchev–Trinajstić information content (AvgIpc) is 2.91. The Bertz CT molecular complexity index is 1440. The van der Waals surface area contributed by atoms with Crippen molar-refractivity contribution in [3.63, 3.8) is 0 Å². The molecule has 8 heteroatoms. The van der Waals surface area contributed by atoms with Gasteiger partial charge in [0, 0.05) is 30.8 Å². The molecule has 2 atom stereocenters. The van der Waals surface area contributed by atoms with Crippen molar-refractivity contribution in [3.05, 3.63) is 130 Å². The van der Waals surface area contributed by atoms with Crippen LogP contribution in [-0.4, -0.2) is 29.7 Å². The highest BCUT2D eigenvalue weighted by Crippen LogP contribution is 2.23. The van der Waals surface area contributed by atoms with E-state index in [9.17, 15) is 27.5 Å². The molecule has 0 saturated heterocycles. The summed E-state index contributed by atoms with van der Waals surface area (Å²) in [6.07, 6.45) is -0.252. The van der Waals surface area contributed by atoms with E-state index in [4.69, 9.17) is 0 Å². The minimum Gasteiger partial charge on any atom is -0.390 e. The van der Waals surface area contributed by atoms with Gasteiger partial charge in [-0.05, 0) is 77.1 Å². The minimum atomic E-state index is -1.11. The number of aryl methyl sites for hydroxylation is 1. The number of carbonyl (C=O) groups is 1. The summed E-state index contributed by atoms with van der Waals surface area (Å²) in [5, 5.41) is 17.0. The van der Waals surface area contributed by atoms with Gasteiger partial charge in [-0.25, -0.2) is 17.6 Å². The van der Waals surface area contributed by atoms with Crippen LogP contribution in [0.4, 0.5) is 17.6 Å². The van der Waals surface area contributed by atoms with Crippen LogP contribution < -0.4 is 10.6 Å². The number of nitrogens with one attached hydrogen (secondary N) is 2. The molecule has 0 bridgehead atoms. The third-order valence-corrected chi connectivity index (χ3v) is 6.56. The van der Waals surface area contributed by atoms with E-state index in [2.05, 4.69) is 23.6 Å². The zero-order chi connectivity index (χ0) is 28.6. The van der Waals surface area contributed by atoms with Gasteiger partial charge in [-0.3, -0.25) is 4.79 Å². The first-order valence-corrected chi connectivity index (χ1v) is 13.0. The second kappa shape index (κ2) is 13.4. The van der Waals surface area contributed by atoms with Gasteiger partial charge in [0.05, 0.1) is 12.1 Å². The molecule has 0 heterocycles. The molecule has 0 fully saturated rings. The molecule has 1 amide bonds.